The first-order chi connectivity index (χ1) is 13.0. The predicted molar refractivity (Wildman–Crippen MR) is 106 cm³/mol. The van der Waals surface area contributed by atoms with Gasteiger partial charge in [-0.05, 0) is 38.0 Å². The summed E-state index contributed by atoms with van der Waals surface area (Å²) in [6, 6.07) is 8.81. The van der Waals surface area contributed by atoms with E-state index < -0.39 is 5.91 Å². The maximum absolute atomic E-state index is 11.5. The van der Waals surface area contributed by atoms with Gasteiger partial charge in [-0.1, -0.05) is 12.1 Å². The number of nitrogens with zero attached hydrogens (tertiary/aromatic N) is 3. The number of benzene rings is 1. The zero-order valence-corrected chi connectivity index (χ0v) is 15.6. The molecule has 1 aromatic carbocycles. The molecule has 0 aliphatic carbocycles. The molecule has 4 N–H and O–H groups in total. The molecule has 7 heteroatoms. The van der Waals surface area contributed by atoms with Gasteiger partial charge in [0.1, 0.15) is 5.82 Å². The molecule has 0 bridgehead atoms. The van der Waals surface area contributed by atoms with Crippen LogP contribution in [0.1, 0.15) is 33.9 Å². The summed E-state index contributed by atoms with van der Waals surface area (Å²) in [5.41, 5.74) is 9.62. The molecule has 3 aromatic rings. The number of anilines is 1. The summed E-state index contributed by atoms with van der Waals surface area (Å²) in [5.74, 6) is 0.310. The zero-order valence-electron chi connectivity index (χ0n) is 15.6. The van der Waals surface area contributed by atoms with Crippen LogP contribution in [0.25, 0.3) is 10.9 Å². The van der Waals surface area contributed by atoms with E-state index in [1.165, 1.54) is 10.9 Å². The number of nitrogens with one attached hydrogen (secondary N) is 2. The number of hydrogen-bond donors (Lipinski definition) is 3. The minimum atomic E-state index is -0.590. The van der Waals surface area contributed by atoms with Crippen LogP contribution < -0.4 is 16.0 Å². The third kappa shape index (κ3) is 3.38. The summed E-state index contributed by atoms with van der Waals surface area (Å²) in [6.07, 6.45) is 3.00. The monoisotopic (exact) mass is 364 g/mol. The number of nitrogens with two attached hydrogens (primary N) is 1. The standard InChI is InChI=1S/C20H24N6O/c1-12-13(2)24-19(18(21)27)25-20(12)26-9-7-15(11-26)23-10-14-4-3-5-17-16(14)6-8-22-17/h3-6,8,15,22-23H,7,9-11H2,1-2H3,(H2,21,27)/t15-/m1/s1. The lowest BCUT2D eigenvalue weighted by molar-refractivity contribution is 0.0990. The molecule has 4 rings (SSSR count). The Morgan fingerprint density at radius 3 is 3.00 bits per heavy atom. The molecule has 1 amide bonds. The quantitative estimate of drug-likeness (QED) is 0.643. The lowest BCUT2D eigenvalue weighted by atomic mass is 10.1. The fourth-order valence-electron chi connectivity index (χ4n) is 3.71. The predicted octanol–water partition coefficient (Wildman–Crippen LogP) is 2.04. The van der Waals surface area contributed by atoms with Crippen molar-refractivity contribution < 1.29 is 4.79 Å². The van der Waals surface area contributed by atoms with E-state index in [1.807, 2.05) is 20.0 Å². The second kappa shape index (κ2) is 7.00. The second-order valence-corrected chi connectivity index (χ2v) is 7.11. The number of primary amides is 1. The average molecular weight is 364 g/mol. The Kier molecular flexibility index (Phi) is 4.53. The number of carbonyl (C=O) groups excluding carboxylic acids is 1. The van der Waals surface area contributed by atoms with Gasteiger partial charge in [-0.25, -0.2) is 9.97 Å². The van der Waals surface area contributed by atoms with E-state index in [1.54, 1.807) is 0 Å². The number of rotatable bonds is 5. The highest BCUT2D eigenvalue weighted by Crippen LogP contribution is 2.24. The maximum Gasteiger partial charge on any atom is 0.286 e. The zero-order chi connectivity index (χ0) is 19.0. The molecule has 2 aromatic heterocycles. The van der Waals surface area contributed by atoms with E-state index in [9.17, 15) is 4.79 Å². The van der Waals surface area contributed by atoms with Crippen LogP contribution in [0.15, 0.2) is 30.5 Å². The highest BCUT2D eigenvalue weighted by molar-refractivity contribution is 5.89. The van der Waals surface area contributed by atoms with E-state index in [0.717, 1.165) is 48.6 Å². The molecule has 1 fully saturated rings. The number of amides is 1. The fourth-order valence-corrected chi connectivity index (χ4v) is 3.71. The Morgan fingerprint density at radius 2 is 2.19 bits per heavy atom. The van der Waals surface area contributed by atoms with E-state index >= 15 is 0 Å². The molecule has 0 unspecified atom stereocenters. The summed E-state index contributed by atoms with van der Waals surface area (Å²) >= 11 is 0. The van der Waals surface area contributed by atoms with Gasteiger partial charge in [0.05, 0.1) is 0 Å². The third-order valence-electron chi connectivity index (χ3n) is 5.34. The minimum absolute atomic E-state index is 0.0867. The molecule has 1 aliphatic rings. The van der Waals surface area contributed by atoms with Crippen molar-refractivity contribution in [3.63, 3.8) is 0 Å². The van der Waals surface area contributed by atoms with Gasteiger partial charge in [0.15, 0.2) is 0 Å². The first-order valence-electron chi connectivity index (χ1n) is 9.21. The van der Waals surface area contributed by atoms with Gasteiger partial charge in [0, 0.05) is 54.0 Å². The molecule has 7 nitrogen and oxygen atoms in total. The van der Waals surface area contributed by atoms with Crippen LogP contribution in [-0.4, -0.2) is 40.0 Å². The number of aromatic nitrogens is 3. The fraction of sp³-hybridized carbons (Fsp3) is 0.350. The van der Waals surface area contributed by atoms with Gasteiger partial charge in [-0.2, -0.15) is 0 Å². The lowest BCUT2D eigenvalue weighted by Crippen LogP contribution is -2.33. The van der Waals surface area contributed by atoms with E-state index in [-0.39, 0.29) is 5.82 Å². The Labute approximate surface area is 158 Å². The minimum Gasteiger partial charge on any atom is -0.363 e. The molecule has 140 valence electrons. The number of H-pyrrole nitrogens is 1. The third-order valence-corrected chi connectivity index (χ3v) is 5.34. The molecule has 0 saturated carbocycles. The second-order valence-electron chi connectivity index (χ2n) is 7.11. The largest absolute Gasteiger partial charge is 0.363 e. The average Bonchev–Trinajstić information content (AvgIpc) is 3.31. The summed E-state index contributed by atoms with van der Waals surface area (Å²) < 4.78 is 0. The lowest BCUT2D eigenvalue weighted by Gasteiger charge is -2.21. The van der Waals surface area contributed by atoms with Crippen molar-refractivity contribution in [3.05, 3.63) is 53.1 Å². The van der Waals surface area contributed by atoms with Crippen molar-refractivity contribution in [2.24, 2.45) is 5.73 Å². The van der Waals surface area contributed by atoms with Gasteiger partial charge in [0.2, 0.25) is 5.82 Å². The van der Waals surface area contributed by atoms with Crippen molar-refractivity contribution >= 4 is 22.6 Å². The Balaban J connectivity index is 1.46. The van der Waals surface area contributed by atoms with Gasteiger partial charge < -0.3 is 20.9 Å². The molecule has 1 aliphatic heterocycles. The molecule has 0 spiro atoms. The van der Waals surface area contributed by atoms with Crippen LogP contribution >= 0.6 is 0 Å². The van der Waals surface area contributed by atoms with Crippen LogP contribution in [0, 0.1) is 13.8 Å². The van der Waals surface area contributed by atoms with Gasteiger partial charge in [-0.3, -0.25) is 4.79 Å². The van der Waals surface area contributed by atoms with Gasteiger partial charge in [-0.15, -0.1) is 0 Å². The SMILES string of the molecule is Cc1nc(C(N)=O)nc(N2CC[C@@H](NCc3cccc4[nH]ccc34)C2)c1C. The van der Waals surface area contributed by atoms with Crippen LogP contribution in [0.5, 0.6) is 0 Å². The van der Waals surface area contributed by atoms with Crippen molar-refractivity contribution in [3.8, 4) is 0 Å². The molecule has 1 atom stereocenters. The normalized spacial score (nSPS) is 17.0. The summed E-state index contributed by atoms with van der Waals surface area (Å²) in [5, 5.41) is 4.92. The Hall–Kier alpha value is -2.93. The molecular weight excluding hydrogens is 340 g/mol. The van der Waals surface area contributed by atoms with Crippen LogP contribution in [0.2, 0.25) is 0 Å². The molecule has 27 heavy (non-hydrogen) atoms. The first-order valence-corrected chi connectivity index (χ1v) is 9.21. The first kappa shape index (κ1) is 17.5. The van der Waals surface area contributed by atoms with E-state index in [4.69, 9.17) is 5.73 Å². The van der Waals surface area contributed by atoms with Gasteiger partial charge in [0.25, 0.3) is 5.91 Å². The van der Waals surface area contributed by atoms with E-state index in [0.29, 0.717) is 6.04 Å². The van der Waals surface area contributed by atoms with Crippen molar-refractivity contribution in [2.75, 3.05) is 18.0 Å². The summed E-state index contributed by atoms with van der Waals surface area (Å²) in [4.78, 5) is 25.6. The number of hydrogen-bond acceptors (Lipinski definition) is 5. The molecule has 3 heterocycles. The van der Waals surface area contributed by atoms with Crippen molar-refractivity contribution in [1.29, 1.82) is 0 Å². The van der Waals surface area contributed by atoms with Crippen LogP contribution in [-0.2, 0) is 6.54 Å². The van der Waals surface area contributed by atoms with Crippen molar-refractivity contribution in [1.82, 2.24) is 20.3 Å². The summed E-state index contributed by atoms with van der Waals surface area (Å²) in [6.45, 7) is 6.43. The Bertz CT molecular complexity index is 995. The number of fused-ring (bicyclic) bond motifs is 1. The van der Waals surface area contributed by atoms with Crippen LogP contribution in [0.3, 0.4) is 0 Å². The summed E-state index contributed by atoms with van der Waals surface area (Å²) in [7, 11) is 0. The number of aryl methyl sites for hydroxylation is 1. The van der Waals surface area contributed by atoms with Gasteiger partial charge >= 0.3 is 0 Å². The molecule has 0 radical (unpaired) electrons. The highest BCUT2D eigenvalue weighted by atomic mass is 16.1. The molecule has 1 saturated heterocycles. The van der Waals surface area contributed by atoms with Crippen LogP contribution in [0.4, 0.5) is 5.82 Å². The topological polar surface area (TPSA) is 99.9 Å². The highest BCUT2D eigenvalue weighted by Gasteiger charge is 2.26. The van der Waals surface area contributed by atoms with E-state index in [2.05, 4.69) is 49.4 Å². The number of aromatic amines is 1. The van der Waals surface area contributed by atoms with Crippen molar-refractivity contribution in [2.45, 2.75) is 32.9 Å². The Morgan fingerprint density at radius 1 is 1.33 bits per heavy atom. The maximum atomic E-state index is 11.5. The molecular formula is C20H24N6O. The number of carbonyl (C=O) groups is 1. The smallest absolute Gasteiger partial charge is 0.286 e.